The van der Waals surface area contributed by atoms with Crippen molar-refractivity contribution in [1.82, 2.24) is 4.57 Å². The highest BCUT2D eigenvalue weighted by Gasteiger charge is 2.34. The smallest absolute Gasteiger partial charge is 0.417 e. The fourth-order valence-electron chi connectivity index (χ4n) is 1.22. The number of aliphatic carboxylic acids is 1. The number of hydrogen-bond acceptors (Lipinski definition) is 3. The molecule has 0 saturated carbocycles. The van der Waals surface area contributed by atoms with Gasteiger partial charge < -0.3 is 14.8 Å². The molecule has 0 aromatic carbocycles. The minimum atomic E-state index is -4.65. The van der Waals surface area contributed by atoms with E-state index in [1.54, 1.807) is 0 Å². The highest BCUT2D eigenvalue weighted by atomic mass is 19.4. The second-order valence-corrected chi connectivity index (χ2v) is 3.96. The van der Waals surface area contributed by atoms with Crippen molar-refractivity contribution in [2.24, 2.45) is 0 Å². The molecule has 5 nitrogen and oxygen atoms in total. The lowest BCUT2D eigenvalue weighted by Gasteiger charge is -2.19. The molecule has 1 aromatic heterocycles. The van der Waals surface area contributed by atoms with Crippen LogP contribution in [0.25, 0.3) is 0 Å². The molecular formula is C10H10F3NO4. The van der Waals surface area contributed by atoms with Crippen molar-refractivity contribution >= 4 is 5.97 Å². The van der Waals surface area contributed by atoms with Gasteiger partial charge in [-0.3, -0.25) is 4.79 Å². The Balaban J connectivity index is 3.18. The summed E-state index contributed by atoms with van der Waals surface area (Å²) in [4.78, 5) is 21.9. The SMILES string of the molecule is CC(O)(Cn1cc(C(F)(F)F)ccc1=O)C(=O)O. The van der Waals surface area contributed by atoms with Gasteiger partial charge >= 0.3 is 12.1 Å². The summed E-state index contributed by atoms with van der Waals surface area (Å²) in [6, 6.07) is 1.26. The van der Waals surface area contributed by atoms with Gasteiger partial charge in [-0.2, -0.15) is 13.2 Å². The van der Waals surface area contributed by atoms with Crippen LogP contribution in [0, 0.1) is 0 Å². The number of hydrogen-bond donors (Lipinski definition) is 2. The molecule has 0 fully saturated rings. The number of carboxylic acids is 1. The van der Waals surface area contributed by atoms with Crippen LogP contribution in [-0.2, 0) is 17.5 Å². The van der Waals surface area contributed by atoms with E-state index in [1.165, 1.54) is 0 Å². The van der Waals surface area contributed by atoms with Crippen LogP contribution < -0.4 is 5.56 Å². The lowest BCUT2D eigenvalue weighted by atomic mass is 10.1. The Morgan fingerprint density at radius 2 is 1.94 bits per heavy atom. The summed E-state index contributed by atoms with van der Waals surface area (Å²) in [5.41, 5.74) is -4.25. The number of alkyl halides is 3. The number of carboxylic acid groups (broad SMARTS) is 1. The molecule has 0 aliphatic carbocycles. The van der Waals surface area contributed by atoms with Crippen LogP contribution in [-0.4, -0.2) is 26.4 Å². The van der Waals surface area contributed by atoms with E-state index in [4.69, 9.17) is 5.11 Å². The largest absolute Gasteiger partial charge is 0.479 e. The summed E-state index contributed by atoms with van der Waals surface area (Å²) in [5, 5.41) is 18.1. The lowest BCUT2D eigenvalue weighted by Crippen LogP contribution is -2.42. The first kappa shape index (κ1) is 14.2. The Labute approximate surface area is 99.1 Å². The summed E-state index contributed by atoms with van der Waals surface area (Å²) >= 11 is 0. The molecule has 0 bridgehead atoms. The maximum atomic E-state index is 12.4. The average Bonchev–Trinajstić information content (AvgIpc) is 2.19. The van der Waals surface area contributed by atoms with Gasteiger partial charge in [-0.25, -0.2) is 4.79 Å². The van der Waals surface area contributed by atoms with Crippen molar-refractivity contribution in [1.29, 1.82) is 0 Å². The van der Waals surface area contributed by atoms with Crippen LogP contribution in [0.3, 0.4) is 0 Å². The van der Waals surface area contributed by atoms with E-state index in [-0.39, 0.29) is 0 Å². The monoisotopic (exact) mass is 265 g/mol. The maximum Gasteiger partial charge on any atom is 0.417 e. The minimum Gasteiger partial charge on any atom is -0.479 e. The van der Waals surface area contributed by atoms with Gasteiger partial charge in [-0.15, -0.1) is 0 Å². The predicted octanol–water partition coefficient (Wildman–Crippen LogP) is 0.703. The third kappa shape index (κ3) is 3.10. The fourth-order valence-corrected chi connectivity index (χ4v) is 1.22. The minimum absolute atomic E-state index is 0.472. The van der Waals surface area contributed by atoms with Crippen molar-refractivity contribution in [3.05, 3.63) is 34.2 Å². The van der Waals surface area contributed by atoms with Gasteiger partial charge in [0.1, 0.15) is 0 Å². The number of carbonyl (C=O) groups is 1. The van der Waals surface area contributed by atoms with Crippen molar-refractivity contribution in [2.75, 3.05) is 0 Å². The normalized spacial score (nSPS) is 15.2. The molecule has 0 radical (unpaired) electrons. The molecule has 1 heterocycles. The molecule has 0 spiro atoms. The first-order valence-electron chi connectivity index (χ1n) is 4.77. The van der Waals surface area contributed by atoms with E-state index in [0.29, 0.717) is 22.9 Å². The molecule has 100 valence electrons. The summed E-state index contributed by atoms with van der Waals surface area (Å²) in [7, 11) is 0. The van der Waals surface area contributed by atoms with Crippen molar-refractivity contribution in [3.8, 4) is 0 Å². The number of nitrogens with zero attached hydrogens (tertiary/aromatic N) is 1. The molecule has 1 unspecified atom stereocenters. The standard InChI is InChI=1S/C10H10F3NO4/c1-9(18,8(16)17)5-14-4-6(10(11,12)13)2-3-7(14)15/h2-4,18H,5H2,1H3,(H,16,17). The molecule has 0 saturated heterocycles. The maximum absolute atomic E-state index is 12.4. The third-order valence-electron chi connectivity index (χ3n) is 2.25. The van der Waals surface area contributed by atoms with Crippen LogP contribution in [0.4, 0.5) is 13.2 Å². The van der Waals surface area contributed by atoms with Crippen molar-refractivity contribution in [2.45, 2.75) is 25.2 Å². The van der Waals surface area contributed by atoms with E-state index in [2.05, 4.69) is 0 Å². The average molecular weight is 265 g/mol. The molecule has 1 rings (SSSR count). The van der Waals surface area contributed by atoms with Crippen molar-refractivity contribution < 1.29 is 28.2 Å². The Morgan fingerprint density at radius 3 is 2.39 bits per heavy atom. The molecule has 1 aromatic rings. The topological polar surface area (TPSA) is 79.5 Å². The van der Waals surface area contributed by atoms with E-state index in [1.807, 2.05) is 0 Å². The predicted molar refractivity (Wildman–Crippen MR) is 54.0 cm³/mol. The highest BCUT2D eigenvalue weighted by molar-refractivity contribution is 5.76. The molecule has 0 aliphatic rings. The molecule has 0 amide bonds. The Bertz CT molecular complexity index is 519. The van der Waals surface area contributed by atoms with E-state index in [9.17, 15) is 27.9 Å². The summed E-state index contributed by atoms with van der Waals surface area (Å²) in [6.45, 7) is 0.118. The highest BCUT2D eigenvalue weighted by Crippen LogP contribution is 2.28. The van der Waals surface area contributed by atoms with Crippen LogP contribution in [0.5, 0.6) is 0 Å². The van der Waals surface area contributed by atoms with Gasteiger partial charge in [0.15, 0.2) is 5.60 Å². The van der Waals surface area contributed by atoms with E-state index in [0.717, 1.165) is 6.92 Å². The van der Waals surface area contributed by atoms with Gasteiger partial charge in [-0.05, 0) is 13.0 Å². The van der Waals surface area contributed by atoms with E-state index < -0.39 is 35.4 Å². The van der Waals surface area contributed by atoms with Crippen LogP contribution in [0.15, 0.2) is 23.1 Å². The van der Waals surface area contributed by atoms with Gasteiger partial charge in [0, 0.05) is 12.3 Å². The first-order chi connectivity index (χ1) is 8.04. The first-order valence-corrected chi connectivity index (χ1v) is 4.77. The molecule has 1 atom stereocenters. The zero-order chi connectivity index (χ0) is 14.1. The van der Waals surface area contributed by atoms with Crippen molar-refractivity contribution in [3.63, 3.8) is 0 Å². The number of rotatable bonds is 3. The summed E-state index contributed by atoms with van der Waals surface area (Å²) in [6.07, 6.45) is -4.18. The lowest BCUT2D eigenvalue weighted by molar-refractivity contribution is -0.158. The Kier molecular flexibility index (Phi) is 3.52. The molecule has 18 heavy (non-hydrogen) atoms. The van der Waals surface area contributed by atoms with Gasteiger partial charge in [0.2, 0.25) is 0 Å². The van der Waals surface area contributed by atoms with Gasteiger partial charge in [-0.1, -0.05) is 0 Å². The number of aliphatic hydroxyl groups is 1. The molecular weight excluding hydrogens is 255 g/mol. The second-order valence-electron chi connectivity index (χ2n) is 3.96. The molecule has 0 aliphatic heterocycles. The molecule has 2 N–H and O–H groups in total. The summed E-state index contributed by atoms with van der Waals surface area (Å²) < 4.78 is 37.7. The van der Waals surface area contributed by atoms with E-state index >= 15 is 0 Å². The Hall–Kier alpha value is -1.83. The number of pyridine rings is 1. The zero-order valence-corrected chi connectivity index (χ0v) is 9.23. The van der Waals surface area contributed by atoms with Crippen LogP contribution in [0.1, 0.15) is 12.5 Å². The van der Waals surface area contributed by atoms with Gasteiger partial charge in [0.05, 0.1) is 12.1 Å². The number of aromatic nitrogens is 1. The molecule has 8 heteroatoms. The zero-order valence-electron chi connectivity index (χ0n) is 9.23. The third-order valence-corrected chi connectivity index (χ3v) is 2.25. The van der Waals surface area contributed by atoms with Crippen LogP contribution in [0.2, 0.25) is 0 Å². The quantitative estimate of drug-likeness (QED) is 0.843. The van der Waals surface area contributed by atoms with Gasteiger partial charge in [0.25, 0.3) is 5.56 Å². The summed E-state index contributed by atoms with van der Waals surface area (Å²) in [5.74, 6) is -1.63. The van der Waals surface area contributed by atoms with Crippen LogP contribution >= 0.6 is 0 Å². The Morgan fingerprint density at radius 1 is 1.39 bits per heavy atom. The number of halogens is 3. The second kappa shape index (κ2) is 4.45. The fraction of sp³-hybridized carbons (Fsp3) is 0.400.